The molecule has 0 N–H and O–H groups in total. The van der Waals surface area contributed by atoms with Crippen LogP contribution in [0.2, 0.25) is 0 Å². The van der Waals surface area contributed by atoms with Gasteiger partial charge in [0.05, 0.1) is 0 Å². The van der Waals surface area contributed by atoms with Gasteiger partial charge in [0.2, 0.25) is 0 Å². The first-order valence-corrected chi connectivity index (χ1v) is 6.38. The molecule has 0 fully saturated rings. The maximum absolute atomic E-state index is 10.9. The number of hydrogen-bond donors (Lipinski definition) is 0. The van der Waals surface area contributed by atoms with Crippen LogP contribution in [-0.2, 0) is 9.47 Å². The molecule has 0 aliphatic carbocycles. The molecule has 0 saturated heterocycles. The second kappa shape index (κ2) is 7.85. The van der Waals surface area contributed by atoms with E-state index in [0.29, 0.717) is 0 Å². The van der Waals surface area contributed by atoms with Crippen LogP contribution >= 0.6 is 0 Å². The summed E-state index contributed by atoms with van der Waals surface area (Å²) in [6.45, 7) is 7.04. The van der Waals surface area contributed by atoms with Gasteiger partial charge in [-0.15, -0.1) is 0 Å². The minimum atomic E-state index is -1.87. The Morgan fingerprint density at radius 3 is 1.77 bits per heavy atom. The first-order valence-electron chi connectivity index (χ1n) is 3.53. The van der Waals surface area contributed by atoms with E-state index in [4.69, 9.17) is 0 Å². The average Bonchev–Trinajstić information content (AvgIpc) is 2.11. The molecule has 70 valence electrons. The summed E-state index contributed by atoms with van der Waals surface area (Å²) in [6, 6.07) is 0. The molecule has 0 aliphatic heterocycles. The number of carbonyl (C=O) groups excluding carboxylic acids is 2. The first-order chi connectivity index (χ1) is 6.20. The van der Waals surface area contributed by atoms with E-state index < -0.39 is 29.1 Å². The Hall–Kier alpha value is -0.781. The molecular formula is C8H10O4Sn. The van der Waals surface area contributed by atoms with E-state index in [1.54, 1.807) is 0 Å². The number of carbonyl (C=O) groups is 2. The summed E-state index contributed by atoms with van der Waals surface area (Å²) in [4.78, 5) is 21.7. The average molecular weight is 289 g/mol. The molecule has 0 saturated carbocycles. The molecule has 5 heteroatoms. The van der Waals surface area contributed by atoms with Gasteiger partial charge in [-0.3, -0.25) is 0 Å². The molecule has 2 radical (unpaired) electrons. The van der Waals surface area contributed by atoms with Gasteiger partial charge in [-0.2, -0.15) is 0 Å². The second-order valence-corrected chi connectivity index (χ2v) is 4.94. The van der Waals surface area contributed by atoms with Gasteiger partial charge in [0, 0.05) is 0 Å². The molecular weight excluding hydrogens is 279 g/mol. The van der Waals surface area contributed by atoms with Gasteiger partial charge in [-0.1, -0.05) is 0 Å². The standard InChI is InChI=1S/2C4H5O2.Sn/c2*1-2-3-6-4-5;/h2*2H,1,3H2;. The van der Waals surface area contributed by atoms with E-state index in [-0.39, 0.29) is 13.2 Å². The van der Waals surface area contributed by atoms with Crippen molar-refractivity contribution >= 4 is 29.1 Å². The summed E-state index contributed by atoms with van der Waals surface area (Å²) in [5.74, 6) is 0. The molecule has 0 unspecified atom stereocenters. The van der Waals surface area contributed by atoms with Gasteiger partial charge < -0.3 is 0 Å². The summed E-state index contributed by atoms with van der Waals surface area (Å²) in [6.07, 6.45) is 2.90. The quantitative estimate of drug-likeness (QED) is 0.547. The van der Waals surface area contributed by atoms with Gasteiger partial charge in [0.25, 0.3) is 0 Å². The zero-order valence-electron chi connectivity index (χ0n) is 7.12. The van der Waals surface area contributed by atoms with E-state index in [9.17, 15) is 9.59 Å². The van der Waals surface area contributed by atoms with Crippen LogP contribution < -0.4 is 0 Å². The molecule has 0 rings (SSSR count). The van der Waals surface area contributed by atoms with Crippen molar-refractivity contribution in [2.75, 3.05) is 13.2 Å². The summed E-state index contributed by atoms with van der Waals surface area (Å²) >= 11 is -1.87. The Kier molecular flexibility index (Phi) is 7.38. The van der Waals surface area contributed by atoms with Gasteiger partial charge in [0.15, 0.2) is 0 Å². The molecule has 4 nitrogen and oxygen atoms in total. The van der Waals surface area contributed by atoms with Crippen molar-refractivity contribution in [3.05, 3.63) is 25.3 Å². The first kappa shape index (κ1) is 12.2. The van der Waals surface area contributed by atoms with Crippen molar-refractivity contribution in [1.29, 1.82) is 0 Å². The molecule has 0 spiro atoms. The number of hydrogen-bond acceptors (Lipinski definition) is 4. The van der Waals surface area contributed by atoms with Crippen LogP contribution in [0.25, 0.3) is 0 Å². The Morgan fingerprint density at radius 2 is 1.46 bits per heavy atom. The van der Waals surface area contributed by atoms with Crippen LogP contribution in [-0.4, -0.2) is 42.3 Å². The molecule has 0 amide bonds. The summed E-state index contributed by atoms with van der Waals surface area (Å²) in [5, 5.41) is 0. The molecule has 0 aromatic rings. The molecule has 13 heavy (non-hydrogen) atoms. The van der Waals surface area contributed by atoms with Crippen molar-refractivity contribution in [3.8, 4) is 0 Å². The van der Waals surface area contributed by atoms with Crippen LogP contribution in [0.1, 0.15) is 0 Å². The normalized spacial score (nSPS) is 8.62. The van der Waals surface area contributed by atoms with E-state index in [2.05, 4.69) is 22.6 Å². The topological polar surface area (TPSA) is 52.6 Å². The molecule has 0 heterocycles. The fourth-order valence-corrected chi connectivity index (χ4v) is 1.79. The molecule has 0 atom stereocenters. The predicted octanol–water partition coefficient (Wildman–Crippen LogP) is 1.34. The Morgan fingerprint density at radius 1 is 1.08 bits per heavy atom. The van der Waals surface area contributed by atoms with E-state index in [0.717, 1.165) is 0 Å². The van der Waals surface area contributed by atoms with Gasteiger partial charge in [0.1, 0.15) is 0 Å². The SMILES string of the molecule is C=CCO[C](=O)[Sn][C](=O)OCC=C. The third kappa shape index (κ3) is 7.58. The molecule has 0 bridgehead atoms. The number of rotatable bonds is 6. The molecule has 0 aromatic carbocycles. The van der Waals surface area contributed by atoms with Crippen molar-refractivity contribution in [3.63, 3.8) is 0 Å². The van der Waals surface area contributed by atoms with Crippen LogP contribution in [0.3, 0.4) is 0 Å². The summed E-state index contributed by atoms with van der Waals surface area (Å²) in [7, 11) is 0. The van der Waals surface area contributed by atoms with Crippen LogP contribution in [0.15, 0.2) is 25.3 Å². The Balaban J connectivity index is 3.58. The van der Waals surface area contributed by atoms with Crippen molar-refractivity contribution < 1.29 is 19.1 Å². The van der Waals surface area contributed by atoms with Gasteiger partial charge in [-0.25, -0.2) is 0 Å². The summed E-state index contributed by atoms with van der Waals surface area (Å²) < 4.78 is 8.37. The van der Waals surface area contributed by atoms with Gasteiger partial charge >= 0.3 is 86.7 Å². The third-order valence-corrected chi connectivity index (χ3v) is 2.86. The molecule has 0 aromatic heterocycles. The van der Waals surface area contributed by atoms with E-state index >= 15 is 0 Å². The van der Waals surface area contributed by atoms with Crippen LogP contribution in [0.5, 0.6) is 0 Å². The van der Waals surface area contributed by atoms with Crippen LogP contribution in [0, 0.1) is 0 Å². The second-order valence-electron chi connectivity index (χ2n) is 1.90. The zero-order chi connectivity index (χ0) is 10.1. The fraction of sp³-hybridized carbons (Fsp3) is 0.250. The fourth-order valence-electron chi connectivity index (χ4n) is 0.425. The van der Waals surface area contributed by atoms with Crippen LogP contribution in [0.4, 0.5) is 9.59 Å². The summed E-state index contributed by atoms with van der Waals surface area (Å²) in [5.41, 5.74) is 0. The Bertz CT molecular complexity index is 190. The minimum absolute atomic E-state index is 0.147. The number of ether oxygens (including phenoxy) is 2. The van der Waals surface area contributed by atoms with Crippen molar-refractivity contribution in [2.45, 2.75) is 0 Å². The third-order valence-electron chi connectivity index (χ3n) is 0.869. The van der Waals surface area contributed by atoms with E-state index in [1.165, 1.54) is 12.2 Å². The maximum atomic E-state index is 10.9. The molecule has 0 aliphatic rings. The Labute approximate surface area is 86.8 Å². The van der Waals surface area contributed by atoms with E-state index in [1.807, 2.05) is 0 Å². The van der Waals surface area contributed by atoms with Crippen molar-refractivity contribution in [1.82, 2.24) is 0 Å². The zero-order valence-corrected chi connectivity index (χ0v) is 9.97. The van der Waals surface area contributed by atoms with Gasteiger partial charge in [-0.05, 0) is 0 Å². The predicted molar refractivity (Wildman–Crippen MR) is 48.8 cm³/mol. The van der Waals surface area contributed by atoms with Crippen molar-refractivity contribution in [2.24, 2.45) is 0 Å². The monoisotopic (exact) mass is 290 g/mol.